The van der Waals surface area contributed by atoms with E-state index in [4.69, 9.17) is 4.74 Å². The maximum absolute atomic E-state index is 13.7. The van der Waals surface area contributed by atoms with Crippen LogP contribution >= 0.6 is 0 Å². The number of rotatable bonds is 5. The molecular weight excluding hydrogens is 424 g/mol. The molecule has 9 heteroatoms. The summed E-state index contributed by atoms with van der Waals surface area (Å²) in [4.78, 5) is 42.9. The minimum atomic E-state index is -0.495. The molecule has 2 amide bonds. The van der Waals surface area contributed by atoms with E-state index in [1.165, 1.54) is 29.2 Å². The van der Waals surface area contributed by atoms with Crippen LogP contribution in [0.1, 0.15) is 19.4 Å². The van der Waals surface area contributed by atoms with Gasteiger partial charge in [-0.2, -0.15) is 0 Å². The molecule has 2 atom stereocenters. The zero-order valence-corrected chi connectivity index (χ0v) is 19.0. The molecule has 2 heterocycles. The first-order valence-corrected chi connectivity index (χ1v) is 10.7. The van der Waals surface area contributed by atoms with Crippen molar-refractivity contribution in [3.63, 3.8) is 0 Å². The number of carbonyl (C=O) groups excluding carboxylic acids is 2. The summed E-state index contributed by atoms with van der Waals surface area (Å²) in [5.41, 5.74) is 2.34. The molecule has 2 aliphatic rings. The number of amides is 2. The number of morpholine rings is 1. The first-order chi connectivity index (χ1) is 15.7. The van der Waals surface area contributed by atoms with Crippen molar-refractivity contribution < 1.29 is 19.2 Å². The summed E-state index contributed by atoms with van der Waals surface area (Å²) in [5, 5.41) is 11.1. The Labute approximate surface area is 192 Å². The van der Waals surface area contributed by atoms with E-state index in [0.717, 1.165) is 5.69 Å². The van der Waals surface area contributed by atoms with Gasteiger partial charge in [0.15, 0.2) is 0 Å². The van der Waals surface area contributed by atoms with Gasteiger partial charge < -0.3 is 14.5 Å². The third-order valence-corrected chi connectivity index (χ3v) is 5.79. The van der Waals surface area contributed by atoms with Crippen LogP contribution in [0.25, 0.3) is 5.57 Å². The van der Waals surface area contributed by atoms with E-state index in [1.54, 1.807) is 12.1 Å². The summed E-state index contributed by atoms with van der Waals surface area (Å²) < 4.78 is 5.81. The zero-order valence-electron chi connectivity index (χ0n) is 19.0. The Hall–Kier alpha value is -3.72. The van der Waals surface area contributed by atoms with E-state index in [2.05, 4.69) is 0 Å². The molecule has 2 aromatic rings. The number of anilines is 2. The van der Waals surface area contributed by atoms with E-state index in [-0.39, 0.29) is 23.5 Å². The van der Waals surface area contributed by atoms with Crippen LogP contribution in [0.3, 0.4) is 0 Å². The highest BCUT2D eigenvalue weighted by Crippen LogP contribution is 2.36. The highest BCUT2D eigenvalue weighted by molar-refractivity contribution is 6.45. The predicted molar refractivity (Wildman–Crippen MR) is 125 cm³/mol. The predicted octanol–water partition coefficient (Wildman–Crippen LogP) is 3.05. The van der Waals surface area contributed by atoms with Crippen molar-refractivity contribution in [2.75, 3.05) is 37.0 Å². The molecular formula is C24H26N4O5. The van der Waals surface area contributed by atoms with Gasteiger partial charge in [0.05, 0.1) is 28.4 Å². The SMILES string of the molecule is CC1CN(C2=C(c3ccc([N+](=O)[O-])cc3)C(=O)N(c3ccc(N(C)C)cc3)C2=O)CC(C)O1. The topological polar surface area (TPSA) is 96.2 Å². The second-order valence-corrected chi connectivity index (χ2v) is 8.55. The second-order valence-electron chi connectivity index (χ2n) is 8.55. The van der Waals surface area contributed by atoms with Crippen molar-refractivity contribution in [2.45, 2.75) is 26.1 Å². The Bertz CT molecular complexity index is 1110. The van der Waals surface area contributed by atoms with Gasteiger partial charge >= 0.3 is 0 Å². The fraction of sp³-hybridized carbons (Fsp3) is 0.333. The van der Waals surface area contributed by atoms with Crippen molar-refractivity contribution in [3.05, 3.63) is 69.9 Å². The lowest BCUT2D eigenvalue weighted by atomic mass is 10.0. The molecule has 2 unspecified atom stereocenters. The molecule has 0 bridgehead atoms. The third kappa shape index (κ3) is 4.19. The quantitative estimate of drug-likeness (QED) is 0.392. The van der Waals surface area contributed by atoms with Crippen LogP contribution < -0.4 is 9.80 Å². The highest BCUT2D eigenvalue weighted by Gasteiger charge is 2.44. The standard InChI is InChI=1S/C24H26N4O5/c1-15-13-26(14-16(2)33-15)22-21(17-5-7-20(8-6-17)28(31)32)23(29)27(24(22)30)19-11-9-18(10-12-19)25(3)4/h5-12,15-16H,13-14H2,1-4H3. The molecule has 0 aliphatic carbocycles. The van der Waals surface area contributed by atoms with Crippen LogP contribution in [0.2, 0.25) is 0 Å². The van der Waals surface area contributed by atoms with Gasteiger partial charge in [-0.05, 0) is 55.8 Å². The van der Waals surface area contributed by atoms with Gasteiger partial charge in [-0.15, -0.1) is 0 Å². The number of imide groups is 1. The largest absolute Gasteiger partial charge is 0.378 e. The van der Waals surface area contributed by atoms with Crippen molar-refractivity contribution in [3.8, 4) is 0 Å². The van der Waals surface area contributed by atoms with E-state index >= 15 is 0 Å². The summed E-state index contributed by atoms with van der Waals surface area (Å²) >= 11 is 0. The minimum Gasteiger partial charge on any atom is -0.378 e. The van der Waals surface area contributed by atoms with E-state index in [0.29, 0.717) is 30.0 Å². The first-order valence-electron chi connectivity index (χ1n) is 10.7. The van der Waals surface area contributed by atoms with Gasteiger partial charge in [0.1, 0.15) is 5.70 Å². The molecule has 0 radical (unpaired) electrons. The van der Waals surface area contributed by atoms with Crippen LogP contribution in [0.5, 0.6) is 0 Å². The lowest BCUT2D eigenvalue weighted by Crippen LogP contribution is -2.47. The van der Waals surface area contributed by atoms with E-state index in [9.17, 15) is 19.7 Å². The van der Waals surface area contributed by atoms with Gasteiger partial charge in [0.2, 0.25) is 0 Å². The summed E-state index contributed by atoms with van der Waals surface area (Å²) in [6, 6.07) is 12.9. The van der Waals surface area contributed by atoms with Crippen LogP contribution in [0.15, 0.2) is 54.2 Å². The Morgan fingerprint density at radius 2 is 1.52 bits per heavy atom. The number of hydrogen-bond acceptors (Lipinski definition) is 7. The Kier molecular flexibility index (Phi) is 5.90. The van der Waals surface area contributed by atoms with Crippen LogP contribution in [-0.4, -0.2) is 61.0 Å². The molecule has 1 saturated heterocycles. The fourth-order valence-corrected chi connectivity index (χ4v) is 4.32. The normalized spacial score (nSPS) is 21.1. The maximum Gasteiger partial charge on any atom is 0.282 e. The zero-order chi connectivity index (χ0) is 23.9. The van der Waals surface area contributed by atoms with Crippen LogP contribution in [0, 0.1) is 10.1 Å². The smallest absolute Gasteiger partial charge is 0.282 e. The van der Waals surface area contributed by atoms with E-state index < -0.39 is 16.7 Å². The van der Waals surface area contributed by atoms with E-state index in [1.807, 2.05) is 49.9 Å². The molecule has 172 valence electrons. The van der Waals surface area contributed by atoms with Crippen molar-refractivity contribution in [1.82, 2.24) is 4.90 Å². The molecule has 1 fully saturated rings. The fourth-order valence-electron chi connectivity index (χ4n) is 4.32. The minimum absolute atomic E-state index is 0.0811. The summed E-state index contributed by atoms with van der Waals surface area (Å²) in [5.74, 6) is -0.861. The number of ether oxygens (including phenoxy) is 1. The Balaban J connectivity index is 1.79. The first kappa shape index (κ1) is 22.5. The van der Waals surface area contributed by atoms with Gasteiger partial charge in [0, 0.05) is 45.0 Å². The monoisotopic (exact) mass is 450 g/mol. The third-order valence-electron chi connectivity index (χ3n) is 5.79. The number of non-ortho nitro benzene ring substituents is 1. The summed E-state index contributed by atoms with van der Waals surface area (Å²) in [7, 11) is 3.82. The maximum atomic E-state index is 13.7. The second kappa shape index (κ2) is 8.67. The number of carbonyl (C=O) groups is 2. The number of benzene rings is 2. The van der Waals surface area contributed by atoms with Crippen molar-refractivity contribution in [2.24, 2.45) is 0 Å². The molecule has 0 aromatic heterocycles. The van der Waals surface area contributed by atoms with Gasteiger partial charge in [-0.1, -0.05) is 0 Å². The summed E-state index contributed by atoms with van der Waals surface area (Å²) in [6.45, 7) is 4.77. The number of nitro groups is 1. The Morgan fingerprint density at radius 1 is 0.939 bits per heavy atom. The Morgan fingerprint density at radius 3 is 2.03 bits per heavy atom. The lowest BCUT2D eigenvalue weighted by molar-refractivity contribution is -0.384. The molecule has 33 heavy (non-hydrogen) atoms. The van der Waals surface area contributed by atoms with Crippen molar-refractivity contribution in [1.29, 1.82) is 0 Å². The molecule has 2 aliphatic heterocycles. The average molecular weight is 450 g/mol. The molecule has 0 saturated carbocycles. The van der Waals surface area contributed by atoms with Gasteiger partial charge in [-0.3, -0.25) is 19.7 Å². The lowest BCUT2D eigenvalue weighted by Gasteiger charge is -2.37. The summed E-state index contributed by atoms with van der Waals surface area (Å²) in [6.07, 6.45) is -0.230. The number of nitrogens with zero attached hydrogens (tertiary/aromatic N) is 4. The number of nitro benzene ring substituents is 1. The molecule has 9 nitrogen and oxygen atoms in total. The highest BCUT2D eigenvalue weighted by atomic mass is 16.6. The molecule has 0 spiro atoms. The molecule has 2 aromatic carbocycles. The van der Waals surface area contributed by atoms with Crippen molar-refractivity contribution >= 4 is 34.4 Å². The van der Waals surface area contributed by atoms with Gasteiger partial charge in [-0.25, -0.2) is 4.90 Å². The molecule has 4 rings (SSSR count). The van der Waals surface area contributed by atoms with Crippen LogP contribution in [-0.2, 0) is 14.3 Å². The number of hydrogen-bond donors (Lipinski definition) is 0. The van der Waals surface area contributed by atoms with Crippen LogP contribution in [0.4, 0.5) is 17.1 Å². The average Bonchev–Trinajstić information content (AvgIpc) is 3.03. The van der Waals surface area contributed by atoms with Gasteiger partial charge in [0.25, 0.3) is 17.5 Å². The molecule has 0 N–H and O–H groups in total.